The zero-order valence-electron chi connectivity index (χ0n) is 14.4. The van der Waals surface area contributed by atoms with Crippen LogP contribution in [-0.4, -0.2) is 38.6 Å². The van der Waals surface area contributed by atoms with E-state index in [4.69, 9.17) is 9.15 Å². The number of rotatable bonds is 7. The van der Waals surface area contributed by atoms with E-state index in [1.807, 2.05) is 38.4 Å². The van der Waals surface area contributed by atoms with Gasteiger partial charge in [0.05, 0.1) is 25.0 Å². The van der Waals surface area contributed by atoms with Crippen LogP contribution in [-0.2, 0) is 0 Å². The minimum atomic E-state index is -0.0765. The van der Waals surface area contributed by atoms with Gasteiger partial charge in [0.2, 0.25) is 0 Å². The average molecular weight is 328 g/mol. The summed E-state index contributed by atoms with van der Waals surface area (Å²) in [7, 11) is 5.66. The topological polar surface area (TPSA) is 54.7 Å². The van der Waals surface area contributed by atoms with Crippen molar-refractivity contribution in [3.05, 3.63) is 53.5 Å². The molecule has 24 heavy (non-hydrogen) atoms. The molecule has 5 nitrogen and oxygen atoms in total. The molecule has 1 atom stereocenters. The first-order valence-corrected chi connectivity index (χ1v) is 8.26. The molecule has 2 aromatic rings. The van der Waals surface area contributed by atoms with Crippen LogP contribution in [0, 0.1) is 0 Å². The molecular weight excluding hydrogens is 304 g/mol. The smallest absolute Gasteiger partial charge is 0.254 e. The Morgan fingerprint density at radius 1 is 1.33 bits per heavy atom. The van der Waals surface area contributed by atoms with Crippen molar-refractivity contribution in [1.82, 2.24) is 10.2 Å². The van der Waals surface area contributed by atoms with Crippen LogP contribution in [0.4, 0.5) is 0 Å². The van der Waals surface area contributed by atoms with E-state index < -0.39 is 0 Å². The van der Waals surface area contributed by atoms with Crippen LogP contribution in [0.25, 0.3) is 0 Å². The minimum absolute atomic E-state index is 0.0291. The number of benzene rings is 1. The predicted molar refractivity (Wildman–Crippen MR) is 92.4 cm³/mol. The molecule has 1 fully saturated rings. The summed E-state index contributed by atoms with van der Waals surface area (Å²) in [5.41, 5.74) is 1.72. The first kappa shape index (κ1) is 16.6. The second-order valence-corrected chi connectivity index (χ2v) is 6.40. The van der Waals surface area contributed by atoms with Crippen molar-refractivity contribution < 1.29 is 13.9 Å². The molecule has 1 aromatic heterocycles. The van der Waals surface area contributed by atoms with Gasteiger partial charge in [-0.15, -0.1) is 0 Å². The van der Waals surface area contributed by atoms with E-state index in [9.17, 15) is 4.79 Å². The molecule has 1 saturated carbocycles. The normalized spacial score (nSPS) is 15.3. The summed E-state index contributed by atoms with van der Waals surface area (Å²) in [6.07, 6.45) is 3.82. The number of hydrogen-bond donors (Lipinski definition) is 1. The fourth-order valence-electron chi connectivity index (χ4n) is 2.97. The number of furan rings is 1. The van der Waals surface area contributed by atoms with Crippen LogP contribution in [0.3, 0.4) is 0 Å². The van der Waals surface area contributed by atoms with E-state index in [0.717, 1.165) is 29.9 Å². The lowest BCUT2D eigenvalue weighted by Crippen LogP contribution is -2.34. The van der Waals surface area contributed by atoms with Crippen molar-refractivity contribution in [2.24, 2.45) is 0 Å². The molecule has 1 amide bonds. The maximum atomic E-state index is 12.6. The molecule has 1 N–H and O–H groups in total. The molecule has 0 radical (unpaired) electrons. The zero-order chi connectivity index (χ0) is 17.1. The number of para-hydroxylation sites is 1. The highest BCUT2D eigenvalue weighted by Crippen LogP contribution is 2.42. The van der Waals surface area contributed by atoms with Crippen molar-refractivity contribution in [1.29, 1.82) is 0 Å². The summed E-state index contributed by atoms with van der Waals surface area (Å²) < 4.78 is 11.0. The van der Waals surface area contributed by atoms with Gasteiger partial charge in [0.15, 0.2) is 0 Å². The molecule has 0 unspecified atom stereocenters. The van der Waals surface area contributed by atoms with Crippen LogP contribution >= 0.6 is 0 Å². The number of likely N-dealkylation sites (N-methyl/N-ethyl adjacent to an activating group) is 1. The van der Waals surface area contributed by atoms with Crippen molar-refractivity contribution in [3.63, 3.8) is 0 Å². The number of nitrogens with zero attached hydrogens (tertiary/aromatic N) is 1. The van der Waals surface area contributed by atoms with Gasteiger partial charge in [-0.25, -0.2) is 0 Å². The molecule has 0 spiro atoms. The first-order valence-electron chi connectivity index (χ1n) is 8.26. The molecule has 0 aliphatic heterocycles. The Labute approximate surface area is 142 Å². The lowest BCUT2D eigenvalue weighted by atomic mass is 10.0. The highest BCUT2D eigenvalue weighted by Gasteiger charge is 2.31. The SMILES string of the molecule is COc1ccccc1[C@@H](CNC(=O)c1ccoc1C1CC1)N(C)C. The van der Waals surface area contributed by atoms with E-state index in [1.165, 1.54) is 0 Å². The monoisotopic (exact) mass is 328 g/mol. The molecule has 1 aliphatic rings. The third kappa shape index (κ3) is 3.46. The van der Waals surface area contributed by atoms with Crippen LogP contribution < -0.4 is 10.1 Å². The van der Waals surface area contributed by atoms with Crippen molar-refractivity contribution >= 4 is 5.91 Å². The van der Waals surface area contributed by atoms with Crippen LogP contribution in [0.5, 0.6) is 5.75 Å². The third-order valence-corrected chi connectivity index (χ3v) is 4.47. The number of methoxy groups -OCH3 is 1. The van der Waals surface area contributed by atoms with Crippen molar-refractivity contribution in [2.45, 2.75) is 24.8 Å². The molecular formula is C19H24N2O3. The minimum Gasteiger partial charge on any atom is -0.496 e. The van der Waals surface area contributed by atoms with E-state index in [1.54, 1.807) is 19.4 Å². The van der Waals surface area contributed by atoms with Gasteiger partial charge < -0.3 is 19.4 Å². The molecule has 5 heteroatoms. The van der Waals surface area contributed by atoms with Crippen LogP contribution in [0.15, 0.2) is 41.0 Å². The maximum Gasteiger partial charge on any atom is 0.254 e. The quantitative estimate of drug-likeness (QED) is 0.848. The number of amides is 1. The lowest BCUT2D eigenvalue weighted by Gasteiger charge is -2.26. The highest BCUT2D eigenvalue weighted by molar-refractivity contribution is 5.95. The largest absolute Gasteiger partial charge is 0.496 e. The van der Waals surface area contributed by atoms with Crippen LogP contribution in [0.1, 0.15) is 46.5 Å². The molecule has 128 valence electrons. The summed E-state index contributed by atoms with van der Waals surface area (Å²) in [5.74, 6) is 1.99. The van der Waals surface area contributed by atoms with Crippen molar-refractivity contribution in [2.75, 3.05) is 27.7 Å². The van der Waals surface area contributed by atoms with Crippen LogP contribution in [0.2, 0.25) is 0 Å². The van der Waals surface area contributed by atoms with E-state index in [0.29, 0.717) is 18.0 Å². The number of carbonyl (C=O) groups excluding carboxylic acids is 1. The first-order chi connectivity index (χ1) is 11.6. The van der Waals surface area contributed by atoms with Gasteiger partial charge in [-0.1, -0.05) is 18.2 Å². The zero-order valence-corrected chi connectivity index (χ0v) is 14.4. The van der Waals surface area contributed by atoms with Gasteiger partial charge in [-0.2, -0.15) is 0 Å². The Morgan fingerprint density at radius 3 is 2.75 bits per heavy atom. The molecule has 0 bridgehead atoms. The Bertz CT molecular complexity index is 704. The number of nitrogens with one attached hydrogen (secondary N) is 1. The summed E-state index contributed by atoms with van der Waals surface area (Å²) in [6.45, 7) is 0.501. The Morgan fingerprint density at radius 2 is 2.08 bits per heavy atom. The van der Waals surface area contributed by atoms with Gasteiger partial charge >= 0.3 is 0 Å². The van der Waals surface area contributed by atoms with Gasteiger partial charge in [0.25, 0.3) is 5.91 Å². The highest BCUT2D eigenvalue weighted by atomic mass is 16.5. The summed E-state index contributed by atoms with van der Waals surface area (Å²) in [4.78, 5) is 14.6. The number of ether oxygens (including phenoxy) is 1. The summed E-state index contributed by atoms with van der Waals surface area (Å²) >= 11 is 0. The van der Waals surface area contributed by atoms with Gasteiger partial charge in [0.1, 0.15) is 11.5 Å². The van der Waals surface area contributed by atoms with E-state index in [2.05, 4.69) is 10.2 Å². The molecule has 1 heterocycles. The fourth-order valence-corrected chi connectivity index (χ4v) is 2.97. The number of carbonyl (C=O) groups is 1. The molecule has 1 aliphatic carbocycles. The van der Waals surface area contributed by atoms with Gasteiger partial charge in [0, 0.05) is 18.0 Å². The molecule has 0 saturated heterocycles. The lowest BCUT2D eigenvalue weighted by molar-refractivity contribution is 0.0939. The average Bonchev–Trinajstić information content (AvgIpc) is 3.31. The Kier molecular flexibility index (Phi) is 4.90. The number of hydrogen-bond acceptors (Lipinski definition) is 4. The second kappa shape index (κ2) is 7.09. The Balaban J connectivity index is 1.72. The van der Waals surface area contributed by atoms with Gasteiger partial charge in [-0.3, -0.25) is 4.79 Å². The van der Waals surface area contributed by atoms with E-state index in [-0.39, 0.29) is 11.9 Å². The maximum absolute atomic E-state index is 12.6. The standard InChI is InChI=1S/C19H24N2O3/c1-21(2)16(14-6-4-5-7-17(14)23-3)12-20-19(22)15-10-11-24-18(15)13-8-9-13/h4-7,10-11,13,16H,8-9,12H2,1-3H3,(H,20,22)/t16-/m1/s1. The predicted octanol–water partition coefficient (Wildman–Crippen LogP) is 3.20. The fraction of sp³-hybridized carbons (Fsp3) is 0.421. The molecule has 1 aromatic carbocycles. The second-order valence-electron chi connectivity index (χ2n) is 6.40. The molecule has 3 rings (SSSR count). The summed E-state index contributed by atoms with van der Waals surface area (Å²) in [6, 6.07) is 9.69. The third-order valence-electron chi connectivity index (χ3n) is 4.47. The van der Waals surface area contributed by atoms with Gasteiger partial charge in [-0.05, 0) is 39.1 Å². The Hall–Kier alpha value is -2.27. The van der Waals surface area contributed by atoms with E-state index >= 15 is 0 Å². The summed E-state index contributed by atoms with van der Waals surface area (Å²) in [5, 5.41) is 3.04. The van der Waals surface area contributed by atoms with Crippen molar-refractivity contribution in [3.8, 4) is 5.75 Å².